The second-order valence-electron chi connectivity index (χ2n) is 4.94. The van der Waals surface area contributed by atoms with Crippen LogP contribution < -0.4 is 14.8 Å². The van der Waals surface area contributed by atoms with E-state index in [0.29, 0.717) is 24.5 Å². The number of rotatable bonds is 9. The number of carbonyl (C=O) groups is 1. The number of aryl methyl sites for hydroxylation is 1. The summed E-state index contributed by atoms with van der Waals surface area (Å²) in [7, 11) is 3.17. The van der Waals surface area contributed by atoms with Gasteiger partial charge in [-0.3, -0.25) is 4.79 Å². The van der Waals surface area contributed by atoms with Gasteiger partial charge in [-0.25, -0.2) is 0 Å². The van der Waals surface area contributed by atoms with Crippen LogP contribution in [0, 0.1) is 6.92 Å². The normalized spacial score (nSPS) is 10.3. The van der Waals surface area contributed by atoms with Crippen LogP contribution in [0.2, 0.25) is 0 Å². The molecule has 0 aliphatic rings. The summed E-state index contributed by atoms with van der Waals surface area (Å²) in [4.78, 5) is 11.9. The Labute approximate surface area is 126 Å². The van der Waals surface area contributed by atoms with Crippen LogP contribution in [-0.4, -0.2) is 38.4 Å². The average Bonchev–Trinajstić information content (AvgIpc) is 2.48. The Kier molecular flexibility index (Phi) is 7.61. The first-order valence-corrected chi connectivity index (χ1v) is 7.21. The van der Waals surface area contributed by atoms with Gasteiger partial charge in [0.1, 0.15) is 0 Å². The predicted octanol–water partition coefficient (Wildman–Crippen LogP) is 1.83. The van der Waals surface area contributed by atoms with Crippen LogP contribution in [0.15, 0.2) is 12.1 Å². The summed E-state index contributed by atoms with van der Waals surface area (Å²) in [6.07, 6.45) is 2.92. The van der Waals surface area contributed by atoms with Crippen molar-refractivity contribution in [3.63, 3.8) is 0 Å². The Morgan fingerprint density at radius 1 is 1.14 bits per heavy atom. The van der Waals surface area contributed by atoms with Crippen LogP contribution in [0.3, 0.4) is 0 Å². The fraction of sp³-hybridized carbons (Fsp3) is 0.562. The molecule has 0 atom stereocenters. The van der Waals surface area contributed by atoms with E-state index in [0.717, 1.165) is 30.4 Å². The molecule has 1 rings (SSSR count). The molecule has 0 aliphatic heterocycles. The first-order valence-electron chi connectivity index (χ1n) is 7.21. The minimum atomic E-state index is -0.00526. The number of aliphatic hydroxyl groups is 1. The Morgan fingerprint density at radius 2 is 1.81 bits per heavy atom. The highest BCUT2D eigenvalue weighted by Crippen LogP contribution is 2.30. The van der Waals surface area contributed by atoms with E-state index in [1.807, 2.05) is 19.1 Å². The van der Waals surface area contributed by atoms with Crippen molar-refractivity contribution in [2.24, 2.45) is 0 Å². The summed E-state index contributed by atoms with van der Waals surface area (Å²) in [5, 5.41) is 11.6. The van der Waals surface area contributed by atoms with E-state index in [9.17, 15) is 4.79 Å². The molecule has 21 heavy (non-hydrogen) atoms. The van der Waals surface area contributed by atoms with E-state index in [1.165, 1.54) is 0 Å². The Bertz CT molecular complexity index is 460. The number of amides is 1. The molecular weight excluding hydrogens is 270 g/mol. The van der Waals surface area contributed by atoms with Crippen LogP contribution >= 0.6 is 0 Å². The van der Waals surface area contributed by atoms with Crippen molar-refractivity contribution in [1.82, 2.24) is 5.32 Å². The first-order chi connectivity index (χ1) is 10.1. The van der Waals surface area contributed by atoms with Crippen molar-refractivity contribution in [2.45, 2.75) is 32.6 Å². The molecule has 0 unspecified atom stereocenters. The van der Waals surface area contributed by atoms with Crippen molar-refractivity contribution in [1.29, 1.82) is 0 Å². The number of unbranched alkanes of at least 4 members (excludes halogenated alkanes) is 2. The molecule has 1 aromatic carbocycles. The number of carbonyl (C=O) groups excluding carboxylic acids is 1. The van der Waals surface area contributed by atoms with Crippen LogP contribution in [0.5, 0.6) is 11.5 Å². The van der Waals surface area contributed by atoms with Crippen molar-refractivity contribution < 1.29 is 19.4 Å². The molecule has 0 aliphatic carbocycles. The second-order valence-corrected chi connectivity index (χ2v) is 4.94. The van der Waals surface area contributed by atoms with Gasteiger partial charge in [-0.2, -0.15) is 0 Å². The molecule has 0 aromatic heterocycles. The van der Waals surface area contributed by atoms with Crippen molar-refractivity contribution >= 4 is 5.91 Å². The summed E-state index contributed by atoms with van der Waals surface area (Å²) >= 11 is 0. The van der Waals surface area contributed by atoms with Gasteiger partial charge < -0.3 is 19.9 Å². The average molecular weight is 295 g/mol. The van der Waals surface area contributed by atoms with Gasteiger partial charge in [0.25, 0.3) is 0 Å². The molecule has 2 N–H and O–H groups in total. The smallest absolute Gasteiger partial charge is 0.224 e. The van der Waals surface area contributed by atoms with Crippen LogP contribution in [0.1, 0.15) is 30.4 Å². The largest absolute Gasteiger partial charge is 0.493 e. The maximum absolute atomic E-state index is 11.9. The monoisotopic (exact) mass is 295 g/mol. The van der Waals surface area contributed by atoms with E-state index in [2.05, 4.69) is 5.32 Å². The Hall–Kier alpha value is -1.75. The lowest BCUT2D eigenvalue weighted by molar-refractivity contribution is -0.120. The van der Waals surface area contributed by atoms with Gasteiger partial charge >= 0.3 is 0 Å². The quantitative estimate of drug-likeness (QED) is 0.682. The number of hydrogen-bond acceptors (Lipinski definition) is 4. The SMILES string of the molecule is COc1cc(C)c(CC(=O)NCCCCCO)cc1OC. The lowest BCUT2D eigenvalue weighted by atomic mass is 10.0. The van der Waals surface area contributed by atoms with E-state index >= 15 is 0 Å². The molecule has 5 heteroatoms. The number of benzene rings is 1. The molecule has 0 bridgehead atoms. The lowest BCUT2D eigenvalue weighted by Gasteiger charge is -2.13. The van der Waals surface area contributed by atoms with E-state index < -0.39 is 0 Å². The molecular formula is C16H25NO4. The fourth-order valence-electron chi connectivity index (χ4n) is 2.09. The first kappa shape index (κ1) is 17.3. The Morgan fingerprint density at radius 3 is 2.43 bits per heavy atom. The van der Waals surface area contributed by atoms with Crippen LogP contribution in [-0.2, 0) is 11.2 Å². The highest BCUT2D eigenvalue weighted by atomic mass is 16.5. The van der Waals surface area contributed by atoms with Gasteiger partial charge in [0.15, 0.2) is 11.5 Å². The van der Waals surface area contributed by atoms with Crippen LogP contribution in [0.25, 0.3) is 0 Å². The van der Waals surface area contributed by atoms with Gasteiger partial charge in [0.05, 0.1) is 20.6 Å². The molecule has 0 heterocycles. The number of ether oxygens (including phenoxy) is 2. The fourth-order valence-corrected chi connectivity index (χ4v) is 2.09. The van der Waals surface area contributed by atoms with Crippen molar-refractivity contribution in [3.05, 3.63) is 23.3 Å². The zero-order chi connectivity index (χ0) is 15.7. The number of nitrogens with one attached hydrogen (secondary N) is 1. The van der Waals surface area contributed by atoms with Gasteiger partial charge in [-0.15, -0.1) is 0 Å². The van der Waals surface area contributed by atoms with Gasteiger partial charge in [0.2, 0.25) is 5.91 Å². The van der Waals surface area contributed by atoms with Gasteiger partial charge in [0, 0.05) is 13.2 Å². The van der Waals surface area contributed by atoms with Crippen molar-refractivity contribution in [2.75, 3.05) is 27.4 Å². The molecule has 0 saturated carbocycles. The molecule has 5 nitrogen and oxygen atoms in total. The summed E-state index contributed by atoms with van der Waals surface area (Å²) < 4.78 is 10.5. The highest BCUT2D eigenvalue weighted by Gasteiger charge is 2.11. The molecule has 1 aromatic rings. The molecule has 0 spiro atoms. The molecule has 118 valence electrons. The number of aliphatic hydroxyl groups excluding tert-OH is 1. The predicted molar refractivity (Wildman–Crippen MR) is 81.9 cm³/mol. The summed E-state index contributed by atoms with van der Waals surface area (Å²) in [6, 6.07) is 3.72. The second kappa shape index (κ2) is 9.23. The van der Waals surface area contributed by atoms with E-state index in [4.69, 9.17) is 14.6 Å². The van der Waals surface area contributed by atoms with Gasteiger partial charge in [-0.1, -0.05) is 0 Å². The molecule has 0 saturated heterocycles. The summed E-state index contributed by atoms with van der Waals surface area (Å²) in [5.41, 5.74) is 1.93. The number of hydrogen-bond donors (Lipinski definition) is 2. The minimum Gasteiger partial charge on any atom is -0.493 e. The number of methoxy groups -OCH3 is 2. The lowest BCUT2D eigenvalue weighted by Crippen LogP contribution is -2.26. The third kappa shape index (κ3) is 5.63. The zero-order valence-corrected chi connectivity index (χ0v) is 13.1. The third-order valence-corrected chi connectivity index (χ3v) is 3.35. The minimum absolute atomic E-state index is 0.00526. The molecule has 0 radical (unpaired) electrons. The topological polar surface area (TPSA) is 67.8 Å². The molecule has 0 fully saturated rings. The standard InChI is InChI=1S/C16H25NO4/c1-12-9-14(20-2)15(21-3)10-13(12)11-16(19)17-7-5-4-6-8-18/h9-10,18H,4-8,11H2,1-3H3,(H,17,19). The van der Waals surface area contributed by atoms with Crippen LogP contribution in [0.4, 0.5) is 0 Å². The maximum atomic E-state index is 11.9. The van der Waals surface area contributed by atoms with E-state index in [1.54, 1.807) is 14.2 Å². The maximum Gasteiger partial charge on any atom is 0.224 e. The summed E-state index contributed by atoms with van der Waals surface area (Å²) in [6.45, 7) is 2.80. The summed E-state index contributed by atoms with van der Waals surface area (Å²) in [5.74, 6) is 1.30. The molecule has 1 amide bonds. The third-order valence-electron chi connectivity index (χ3n) is 3.35. The van der Waals surface area contributed by atoms with Gasteiger partial charge in [-0.05, 0) is 49.4 Å². The zero-order valence-electron chi connectivity index (χ0n) is 13.1. The Balaban J connectivity index is 2.55. The van der Waals surface area contributed by atoms with E-state index in [-0.39, 0.29) is 12.5 Å². The highest BCUT2D eigenvalue weighted by molar-refractivity contribution is 5.79. The van der Waals surface area contributed by atoms with Crippen molar-refractivity contribution in [3.8, 4) is 11.5 Å².